The number of aliphatic hydroxyl groups excluding tert-OH is 1. The molecule has 1 amide bonds. The summed E-state index contributed by atoms with van der Waals surface area (Å²) in [5.41, 5.74) is 0.890. The van der Waals surface area contributed by atoms with E-state index in [2.05, 4.69) is 11.6 Å². The van der Waals surface area contributed by atoms with E-state index < -0.39 is 6.10 Å². The lowest BCUT2D eigenvalue weighted by Crippen LogP contribution is -2.53. The van der Waals surface area contributed by atoms with Gasteiger partial charge < -0.3 is 10.0 Å². The van der Waals surface area contributed by atoms with Gasteiger partial charge in [0.15, 0.2) is 0 Å². The first-order valence-corrected chi connectivity index (χ1v) is 8.71. The summed E-state index contributed by atoms with van der Waals surface area (Å²) in [5, 5.41) is 11.3. The number of nitrogens with zero attached hydrogens (tertiary/aromatic N) is 4. The molecule has 3 aromatic rings. The van der Waals surface area contributed by atoms with Crippen molar-refractivity contribution in [2.24, 2.45) is 0 Å². The van der Waals surface area contributed by atoms with Gasteiger partial charge in [0.2, 0.25) is 5.65 Å². The normalized spacial score (nSPS) is 14.7. The van der Waals surface area contributed by atoms with Crippen LogP contribution in [0.1, 0.15) is 10.5 Å². The number of amides is 1. The van der Waals surface area contributed by atoms with E-state index in [0.29, 0.717) is 19.6 Å². The van der Waals surface area contributed by atoms with Gasteiger partial charge >= 0.3 is 0 Å². The van der Waals surface area contributed by atoms with E-state index in [9.17, 15) is 14.7 Å². The Hall–Kier alpha value is -2.71. The van der Waals surface area contributed by atoms with Gasteiger partial charge in [0.05, 0.1) is 16.7 Å². The molecule has 3 aromatic heterocycles. The first kappa shape index (κ1) is 15.8. The summed E-state index contributed by atoms with van der Waals surface area (Å²) in [4.78, 5) is 31.9. The molecular formula is C17H16N4O3S. The third kappa shape index (κ3) is 2.59. The Kier molecular flexibility index (Phi) is 3.78. The minimum absolute atomic E-state index is 0.201. The smallest absolute Gasteiger partial charge is 0.295 e. The fraction of sp³-hybridized carbons (Fsp3) is 0.235. The molecule has 0 radical (unpaired) electrons. The highest BCUT2D eigenvalue weighted by Gasteiger charge is 2.31. The monoisotopic (exact) mass is 356 g/mol. The number of hydrogen-bond donors (Lipinski definition) is 1. The molecule has 4 heterocycles. The van der Waals surface area contributed by atoms with Crippen LogP contribution >= 0.6 is 11.3 Å². The van der Waals surface area contributed by atoms with Crippen LogP contribution in [-0.4, -0.2) is 49.1 Å². The molecule has 1 N–H and O–H groups in total. The van der Waals surface area contributed by atoms with E-state index in [0.717, 1.165) is 10.6 Å². The molecule has 25 heavy (non-hydrogen) atoms. The summed E-state index contributed by atoms with van der Waals surface area (Å²) >= 11 is 1.53. The number of carbonyl (C=O) groups excluding carboxylic acids is 1. The van der Waals surface area contributed by atoms with Crippen molar-refractivity contribution in [1.29, 1.82) is 0 Å². The molecule has 1 saturated heterocycles. The van der Waals surface area contributed by atoms with Crippen molar-refractivity contribution in [3.8, 4) is 10.6 Å². The lowest BCUT2D eigenvalue weighted by molar-refractivity contribution is 0.00555. The van der Waals surface area contributed by atoms with E-state index in [1.807, 2.05) is 17.5 Å². The zero-order valence-corrected chi connectivity index (χ0v) is 14.1. The Morgan fingerprint density at radius 2 is 2.24 bits per heavy atom. The van der Waals surface area contributed by atoms with Gasteiger partial charge in [-0.15, -0.1) is 17.9 Å². The molecule has 0 aliphatic carbocycles. The van der Waals surface area contributed by atoms with Gasteiger partial charge in [0, 0.05) is 32.0 Å². The fourth-order valence-electron chi connectivity index (χ4n) is 2.90. The summed E-state index contributed by atoms with van der Waals surface area (Å²) in [5.74, 6) is -0.277. The Labute approximate surface area is 147 Å². The minimum Gasteiger partial charge on any atom is -0.389 e. The van der Waals surface area contributed by atoms with Crippen molar-refractivity contribution in [2.45, 2.75) is 12.6 Å². The highest BCUT2D eigenvalue weighted by Crippen LogP contribution is 2.24. The molecule has 0 unspecified atom stereocenters. The lowest BCUT2D eigenvalue weighted by atomic mass is 10.1. The first-order chi connectivity index (χ1) is 12.1. The molecular weight excluding hydrogens is 340 g/mol. The molecule has 7 nitrogen and oxygen atoms in total. The van der Waals surface area contributed by atoms with Gasteiger partial charge in [0.25, 0.3) is 11.5 Å². The highest BCUT2D eigenvalue weighted by atomic mass is 32.1. The van der Waals surface area contributed by atoms with Gasteiger partial charge in [-0.25, -0.2) is 4.98 Å². The standard InChI is InChI=1S/C17H16N4O3S/c1-2-5-21-13(14-4-3-6-25-14)10-19-9-12(18-15(19)17(21)24)16(23)20-7-11(22)8-20/h2-4,6,9-11,22H,1,5,7-8H2. The maximum absolute atomic E-state index is 12.8. The van der Waals surface area contributed by atoms with Crippen molar-refractivity contribution in [2.75, 3.05) is 13.1 Å². The number of β-amino-alcohol motifs (C(OH)–C–C–N with tert-alkyl or cyclic N) is 1. The number of rotatable bonds is 4. The van der Waals surface area contributed by atoms with Gasteiger partial charge in [-0.3, -0.25) is 18.6 Å². The molecule has 0 aromatic carbocycles. The second kappa shape index (κ2) is 5.98. The number of carbonyl (C=O) groups is 1. The van der Waals surface area contributed by atoms with E-state index in [1.54, 1.807) is 27.4 Å². The van der Waals surface area contributed by atoms with E-state index >= 15 is 0 Å². The quantitative estimate of drug-likeness (QED) is 0.713. The van der Waals surface area contributed by atoms with Crippen LogP contribution in [0.3, 0.4) is 0 Å². The molecule has 0 bridgehead atoms. The SMILES string of the molecule is C=CCn1c(-c2cccs2)cn2cc(C(=O)N3CC(O)C3)nc2c1=O. The molecule has 128 valence electrons. The van der Waals surface area contributed by atoms with Crippen LogP contribution in [0.2, 0.25) is 0 Å². The van der Waals surface area contributed by atoms with Crippen molar-refractivity contribution in [1.82, 2.24) is 18.9 Å². The van der Waals surface area contributed by atoms with Crippen LogP contribution in [0, 0.1) is 0 Å². The average Bonchev–Trinajstić information content (AvgIpc) is 3.23. The third-order valence-electron chi connectivity index (χ3n) is 4.17. The maximum Gasteiger partial charge on any atom is 0.295 e. The van der Waals surface area contributed by atoms with E-state index in [-0.39, 0.29) is 22.8 Å². The van der Waals surface area contributed by atoms with Crippen molar-refractivity contribution < 1.29 is 9.90 Å². The molecule has 1 fully saturated rings. The van der Waals surface area contributed by atoms with Crippen LogP contribution in [0.5, 0.6) is 0 Å². The molecule has 1 aliphatic heterocycles. The number of thiophene rings is 1. The largest absolute Gasteiger partial charge is 0.389 e. The molecule has 4 rings (SSSR count). The number of imidazole rings is 1. The lowest BCUT2D eigenvalue weighted by Gasteiger charge is -2.35. The third-order valence-corrected chi connectivity index (χ3v) is 5.07. The Balaban J connectivity index is 1.84. The zero-order valence-electron chi connectivity index (χ0n) is 13.3. The van der Waals surface area contributed by atoms with Crippen LogP contribution in [0.15, 0.2) is 47.4 Å². The average molecular weight is 356 g/mol. The zero-order chi connectivity index (χ0) is 17.6. The van der Waals surface area contributed by atoms with Crippen molar-refractivity contribution in [3.05, 3.63) is 58.6 Å². The minimum atomic E-state index is -0.476. The number of aromatic nitrogens is 3. The number of fused-ring (bicyclic) bond motifs is 1. The van der Waals surface area contributed by atoms with Crippen LogP contribution in [0.4, 0.5) is 0 Å². The van der Waals surface area contributed by atoms with E-state index in [1.165, 1.54) is 16.2 Å². The van der Waals surface area contributed by atoms with Gasteiger partial charge in [-0.1, -0.05) is 12.1 Å². The molecule has 0 spiro atoms. The highest BCUT2D eigenvalue weighted by molar-refractivity contribution is 7.13. The summed E-state index contributed by atoms with van der Waals surface area (Å²) in [6.45, 7) is 4.67. The number of allylic oxidation sites excluding steroid dienone is 1. The molecule has 0 atom stereocenters. The van der Waals surface area contributed by atoms with Crippen molar-refractivity contribution >= 4 is 22.9 Å². The summed E-state index contributed by atoms with van der Waals surface area (Å²) in [7, 11) is 0. The predicted octanol–water partition coefficient (Wildman–Crippen LogP) is 1.23. The maximum atomic E-state index is 12.8. The molecule has 1 aliphatic rings. The second-order valence-electron chi connectivity index (χ2n) is 5.92. The van der Waals surface area contributed by atoms with E-state index in [4.69, 9.17) is 0 Å². The van der Waals surface area contributed by atoms with Gasteiger partial charge in [-0.2, -0.15) is 0 Å². The van der Waals surface area contributed by atoms with Gasteiger partial charge in [0.1, 0.15) is 5.69 Å². The summed E-state index contributed by atoms with van der Waals surface area (Å²) in [6, 6.07) is 3.86. The number of likely N-dealkylation sites (tertiary alicyclic amines) is 1. The number of aliphatic hydroxyl groups is 1. The van der Waals surface area contributed by atoms with Crippen LogP contribution in [0.25, 0.3) is 16.2 Å². The Morgan fingerprint density at radius 3 is 2.88 bits per heavy atom. The predicted molar refractivity (Wildman–Crippen MR) is 94.9 cm³/mol. The Bertz CT molecular complexity index is 1010. The van der Waals surface area contributed by atoms with Crippen molar-refractivity contribution in [3.63, 3.8) is 0 Å². The second-order valence-corrected chi connectivity index (χ2v) is 6.86. The number of hydrogen-bond acceptors (Lipinski definition) is 5. The fourth-order valence-corrected chi connectivity index (χ4v) is 3.64. The molecule has 0 saturated carbocycles. The van der Waals surface area contributed by atoms with Crippen LogP contribution < -0.4 is 5.56 Å². The van der Waals surface area contributed by atoms with Crippen LogP contribution in [-0.2, 0) is 6.54 Å². The Morgan fingerprint density at radius 1 is 1.44 bits per heavy atom. The topological polar surface area (TPSA) is 79.8 Å². The van der Waals surface area contributed by atoms with Gasteiger partial charge in [-0.05, 0) is 11.4 Å². The first-order valence-electron chi connectivity index (χ1n) is 7.83. The summed E-state index contributed by atoms with van der Waals surface area (Å²) < 4.78 is 3.20. The summed E-state index contributed by atoms with van der Waals surface area (Å²) in [6.07, 6.45) is 4.56. The molecule has 8 heteroatoms.